The molecule has 1 aliphatic heterocycles. The molecule has 0 saturated heterocycles. The summed E-state index contributed by atoms with van der Waals surface area (Å²) in [5.41, 5.74) is 1.75. The van der Waals surface area contributed by atoms with E-state index in [9.17, 15) is 4.79 Å². The van der Waals surface area contributed by atoms with Gasteiger partial charge in [-0.3, -0.25) is 4.79 Å². The van der Waals surface area contributed by atoms with Crippen LogP contribution in [0.2, 0.25) is 5.02 Å². The van der Waals surface area contributed by atoms with Gasteiger partial charge in [0.05, 0.1) is 11.4 Å². The van der Waals surface area contributed by atoms with Crippen LogP contribution in [0.25, 0.3) is 0 Å². The lowest BCUT2D eigenvalue weighted by Gasteiger charge is -2.41. The van der Waals surface area contributed by atoms with E-state index in [0.29, 0.717) is 11.4 Å². The Morgan fingerprint density at radius 2 is 2.06 bits per heavy atom. The van der Waals surface area contributed by atoms with Gasteiger partial charge < -0.3 is 10.6 Å². The van der Waals surface area contributed by atoms with Crippen LogP contribution in [0.5, 0.6) is 0 Å². The van der Waals surface area contributed by atoms with Gasteiger partial charge in [-0.05, 0) is 37.5 Å². The zero-order valence-corrected chi connectivity index (χ0v) is 9.60. The number of anilines is 2. The number of halogens is 1. The zero-order valence-electron chi connectivity index (χ0n) is 8.85. The van der Waals surface area contributed by atoms with Gasteiger partial charge in [-0.25, -0.2) is 0 Å². The maximum Gasteiger partial charge on any atom is 0.226 e. The van der Waals surface area contributed by atoms with Crippen molar-refractivity contribution in [3.8, 4) is 0 Å². The normalized spacial score (nSPS) is 21.4. The summed E-state index contributed by atoms with van der Waals surface area (Å²) in [6.45, 7) is 0. The predicted molar refractivity (Wildman–Crippen MR) is 64.9 cm³/mol. The van der Waals surface area contributed by atoms with Crippen molar-refractivity contribution in [2.45, 2.75) is 31.2 Å². The molecular formula is C12H13ClN2O. The van der Waals surface area contributed by atoms with E-state index in [2.05, 4.69) is 10.6 Å². The van der Waals surface area contributed by atoms with Crippen LogP contribution in [0, 0.1) is 0 Å². The molecule has 3 rings (SSSR count). The quantitative estimate of drug-likeness (QED) is 0.727. The first-order valence-corrected chi connectivity index (χ1v) is 5.92. The summed E-state index contributed by atoms with van der Waals surface area (Å²) in [5, 5.41) is 7.08. The molecule has 0 atom stereocenters. The van der Waals surface area contributed by atoms with E-state index in [-0.39, 0.29) is 11.4 Å². The Morgan fingerprint density at radius 3 is 2.75 bits per heavy atom. The Morgan fingerprint density at radius 1 is 1.25 bits per heavy atom. The molecule has 1 aromatic rings. The lowest BCUT2D eigenvalue weighted by molar-refractivity contribution is -0.117. The minimum Gasteiger partial charge on any atom is -0.377 e. The maximum atomic E-state index is 11.8. The van der Waals surface area contributed by atoms with E-state index >= 15 is 0 Å². The fraction of sp³-hybridized carbons (Fsp3) is 0.417. The Kier molecular flexibility index (Phi) is 2.11. The molecule has 0 radical (unpaired) electrons. The van der Waals surface area contributed by atoms with Gasteiger partial charge >= 0.3 is 0 Å². The minimum atomic E-state index is -0.0278. The van der Waals surface area contributed by atoms with Crippen molar-refractivity contribution < 1.29 is 4.79 Å². The smallest absolute Gasteiger partial charge is 0.226 e. The van der Waals surface area contributed by atoms with Gasteiger partial charge in [0.1, 0.15) is 0 Å². The number of rotatable bonds is 0. The molecule has 84 valence electrons. The summed E-state index contributed by atoms with van der Waals surface area (Å²) in [6.07, 6.45) is 3.87. The molecule has 1 heterocycles. The highest BCUT2D eigenvalue weighted by Crippen LogP contribution is 2.42. The lowest BCUT2D eigenvalue weighted by Crippen LogP contribution is -2.46. The van der Waals surface area contributed by atoms with Crippen LogP contribution in [0.3, 0.4) is 0 Å². The number of carbonyl (C=O) groups excluding carboxylic acids is 1. The topological polar surface area (TPSA) is 41.1 Å². The molecule has 2 aliphatic rings. The van der Waals surface area contributed by atoms with Crippen molar-refractivity contribution in [1.29, 1.82) is 0 Å². The molecule has 0 aromatic heterocycles. The van der Waals surface area contributed by atoms with Gasteiger partial charge in [0.15, 0.2) is 0 Å². The third-order valence-electron chi connectivity index (χ3n) is 3.47. The van der Waals surface area contributed by atoms with Crippen LogP contribution in [-0.2, 0) is 4.79 Å². The van der Waals surface area contributed by atoms with Gasteiger partial charge in [-0.2, -0.15) is 0 Å². The van der Waals surface area contributed by atoms with Crippen molar-refractivity contribution in [2.75, 3.05) is 10.6 Å². The molecule has 3 nitrogen and oxygen atoms in total. The Labute approximate surface area is 99.2 Å². The number of nitrogens with one attached hydrogen (secondary N) is 2. The van der Waals surface area contributed by atoms with Gasteiger partial charge in [-0.1, -0.05) is 11.6 Å². The standard InChI is InChI=1S/C12H13ClN2O/c13-8-2-3-9-10(6-8)15-12(4-1-5-12)7-11(16)14-9/h2-3,6,15H,1,4-5,7H2,(H,14,16). The van der Waals surface area contributed by atoms with E-state index < -0.39 is 0 Å². The molecular weight excluding hydrogens is 224 g/mol. The number of amides is 1. The predicted octanol–water partition coefficient (Wildman–Crippen LogP) is 3.02. The molecule has 2 N–H and O–H groups in total. The van der Waals surface area contributed by atoms with Crippen LogP contribution in [-0.4, -0.2) is 11.4 Å². The van der Waals surface area contributed by atoms with E-state index in [1.807, 2.05) is 12.1 Å². The number of carbonyl (C=O) groups is 1. The van der Waals surface area contributed by atoms with Crippen molar-refractivity contribution in [1.82, 2.24) is 0 Å². The minimum absolute atomic E-state index is 0.0278. The summed E-state index contributed by atoms with van der Waals surface area (Å²) < 4.78 is 0. The Bertz CT molecular complexity index is 454. The fourth-order valence-corrected chi connectivity index (χ4v) is 2.64. The number of hydrogen-bond donors (Lipinski definition) is 2. The summed E-state index contributed by atoms with van der Waals surface area (Å²) >= 11 is 5.97. The summed E-state index contributed by atoms with van der Waals surface area (Å²) in [7, 11) is 0. The van der Waals surface area contributed by atoms with Crippen molar-refractivity contribution >= 4 is 28.9 Å². The average Bonchev–Trinajstić information content (AvgIpc) is 2.32. The molecule has 1 fully saturated rings. The van der Waals surface area contributed by atoms with Gasteiger partial charge in [0.2, 0.25) is 5.91 Å². The third-order valence-corrected chi connectivity index (χ3v) is 3.70. The number of fused-ring (bicyclic) bond motifs is 1. The molecule has 16 heavy (non-hydrogen) atoms. The molecule has 4 heteroatoms. The van der Waals surface area contributed by atoms with Crippen LogP contribution in [0.4, 0.5) is 11.4 Å². The average molecular weight is 237 g/mol. The van der Waals surface area contributed by atoms with Gasteiger partial charge in [-0.15, -0.1) is 0 Å². The van der Waals surface area contributed by atoms with Crippen LogP contribution >= 0.6 is 11.6 Å². The van der Waals surface area contributed by atoms with E-state index in [1.54, 1.807) is 6.07 Å². The highest BCUT2D eigenvalue weighted by molar-refractivity contribution is 6.31. The van der Waals surface area contributed by atoms with Crippen LogP contribution in [0.1, 0.15) is 25.7 Å². The first kappa shape index (κ1) is 9.97. The largest absolute Gasteiger partial charge is 0.377 e. The zero-order chi connectivity index (χ0) is 11.2. The monoisotopic (exact) mass is 236 g/mol. The fourth-order valence-electron chi connectivity index (χ4n) is 2.47. The number of hydrogen-bond acceptors (Lipinski definition) is 2. The molecule has 1 saturated carbocycles. The second-order valence-corrected chi connectivity index (χ2v) is 5.11. The Hall–Kier alpha value is -1.22. The third kappa shape index (κ3) is 1.55. The summed E-state index contributed by atoms with van der Waals surface area (Å²) in [5.74, 6) is 0.0910. The highest BCUT2D eigenvalue weighted by atomic mass is 35.5. The second-order valence-electron chi connectivity index (χ2n) is 4.67. The summed E-state index contributed by atoms with van der Waals surface area (Å²) in [6, 6.07) is 5.52. The SMILES string of the molecule is O=C1CC2(CCC2)Nc2cc(Cl)ccc2N1. The molecule has 1 aromatic carbocycles. The molecule has 0 bridgehead atoms. The van der Waals surface area contributed by atoms with Crippen molar-refractivity contribution in [3.05, 3.63) is 23.2 Å². The molecule has 1 amide bonds. The van der Waals surface area contributed by atoms with E-state index in [0.717, 1.165) is 24.2 Å². The lowest BCUT2D eigenvalue weighted by atomic mass is 9.74. The van der Waals surface area contributed by atoms with Crippen LogP contribution in [0.15, 0.2) is 18.2 Å². The van der Waals surface area contributed by atoms with Crippen molar-refractivity contribution in [2.24, 2.45) is 0 Å². The second kappa shape index (κ2) is 3.39. The maximum absolute atomic E-state index is 11.8. The number of benzene rings is 1. The molecule has 1 spiro atoms. The highest BCUT2D eigenvalue weighted by Gasteiger charge is 2.40. The van der Waals surface area contributed by atoms with Crippen LogP contribution < -0.4 is 10.6 Å². The Balaban J connectivity index is 2.02. The van der Waals surface area contributed by atoms with Gasteiger partial charge in [0, 0.05) is 17.0 Å². The summed E-state index contributed by atoms with van der Waals surface area (Å²) in [4.78, 5) is 11.8. The van der Waals surface area contributed by atoms with Gasteiger partial charge in [0.25, 0.3) is 0 Å². The molecule has 0 unspecified atom stereocenters. The van der Waals surface area contributed by atoms with Crippen molar-refractivity contribution in [3.63, 3.8) is 0 Å². The molecule has 1 aliphatic carbocycles. The first-order chi connectivity index (χ1) is 7.67. The first-order valence-electron chi connectivity index (χ1n) is 5.55. The van der Waals surface area contributed by atoms with E-state index in [1.165, 1.54) is 6.42 Å². The van der Waals surface area contributed by atoms with E-state index in [4.69, 9.17) is 11.6 Å².